The van der Waals surface area contributed by atoms with E-state index in [9.17, 15) is 0 Å². The van der Waals surface area contributed by atoms with E-state index in [1.807, 2.05) is 6.20 Å². The Kier molecular flexibility index (Phi) is 4.55. The van der Waals surface area contributed by atoms with E-state index in [0.29, 0.717) is 5.92 Å². The number of benzene rings is 2. The average Bonchev–Trinajstić information content (AvgIpc) is 2.88. The third-order valence-electron chi connectivity index (χ3n) is 5.98. The molecule has 144 valence electrons. The van der Waals surface area contributed by atoms with Gasteiger partial charge in [0.05, 0.1) is 23.1 Å². The highest BCUT2D eigenvalue weighted by Gasteiger charge is 2.51. The maximum absolute atomic E-state index is 6.22. The van der Waals surface area contributed by atoms with Crippen molar-refractivity contribution in [3.8, 4) is 11.1 Å². The molecule has 2 heterocycles. The highest BCUT2D eigenvalue weighted by atomic mass is 16.7. The fourth-order valence-corrected chi connectivity index (χ4v) is 3.55. The molecule has 5 heteroatoms. The smallest absolute Gasteiger partial charge is 0.399 e. The molecule has 0 aliphatic carbocycles. The second-order valence-corrected chi connectivity index (χ2v) is 8.90. The molecule has 0 saturated carbocycles. The van der Waals surface area contributed by atoms with Crippen molar-refractivity contribution in [1.82, 2.24) is 10.2 Å². The van der Waals surface area contributed by atoms with Crippen LogP contribution in [0.5, 0.6) is 0 Å². The molecule has 3 aromatic rings. The summed E-state index contributed by atoms with van der Waals surface area (Å²) >= 11 is 0. The normalized spacial score (nSPS) is 18.2. The van der Waals surface area contributed by atoms with Crippen molar-refractivity contribution in [3.05, 3.63) is 54.4 Å². The van der Waals surface area contributed by atoms with E-state index in [0.717, 1.165) is 33.1 Å². The average molecular weight is 374 g/mol. The molecule has 1 fully saturated rings. The minimum Gasteiger partial charge on any atom is -0.399 e. The van der Waals surface area contributed by atoms with Crippen LogP contribution in [0.2, 0.25) is 0 Å². The molecule has 1 saturated heterocycles. The van der Waals surface area contributed by atoms with Gasteiger partial charge < -0.3 is 9.31 Å². The van der Waals surface area contributed by atoms with E-state index in [2.05, 4.69) is 94.2 Å². The molecule has 1 aromatic heterocycles. The van der Waals surface area contributed by atoms with E-state index in [1.165, 1.54) is 0 Å². The van der Waals surface area contributed by atoms with Crippen LogP contribution in [0.25, 0.3) is 21.9 Å². The zero-order valence-electron chi connectivity index (χ0n) is 17.5. The van der Waals surface area contributed by atoms with Gasteiger partial charge in [0.2, 0.25) is 0 Å². The second kappa shape index (κ2) is 6.68. The van der Waals surface area contributed by atoms with Gasteiger partial charge in [-0.05, 0) is 56.3 Å². The molecule has 4 nitrogen and oxygen atoms in total. The second-order valence-electron chi connectivity index (χ2n) is 8.90. The van der Waals surface area contributed by atoms with Gasteiger partial charge in [-0.25, -0.2) is 0 Å². The van der Waals surface area contributed by atoms with Crippen molar-refractivity contribution in [1.29, 1.82) is 0 Å². The SMILES string of the molecule is CC(C)c1nncc2ccc(-c3cccc(B4OC(C)(C)C(C)(C)O4)c3)cc12. The fraction of sp³-hybridized carbons (Fsp3) is 0.391. The van der Waals surface area contributed by atoms with Crippen LogP contribution in [-0.2, 0) is 9.31 Å². The van der Waals surface area contributed by atoms with Crippen LogP contribution < -0.4 is 5.46 Å². The van der Waals surface area contributed by atoms with Gasteiger partial charge in [-0.2, -0.15) is 10.2 Å². The molecule has 0 unspecified atom stereocenters. The van der Waals surface area contributed by atoms with Crippen molar-refractivity contribution in [2.24, 2.45) is 0 Å². The maximum atomic E-state index is 6.22. The lowest BCUT2D eigenvalue weighted by Gasteiger charge is -2.32. The van der Waals surface area contributed by atoms with Crippen molar-refractivity contribution in [2.45, 2.75) is 58.7 Å². The largest absolute Gasteiger partial charge is 0.494 e. The van der Waals surface area contributed by atoms with E-state index >= 15 is 0 Å². The summed E-state index contributed by atoms with van der Waals surface area (Å²) in [6, 6.07) is 14.9. The number of nitrogens with zero attached hydrogens (tertiary/aromatic N) is 2. The minimum atomic E-state index is -0.359. The third-order valence-corrected chi connectivity index (χ3v) is 5.98. The van der Waals surface area contributed by atoms with E-state index in [1.54, 1.807) is 0 Å². The molecule has 0 bridgehead atoms. The first-order valence-corrected chi connectivity index (χ1v) is 9.89. The van der Waals surface area contributed by atoms with Crippen molar-refractivity contribution < 1.29 is 9.31 Å². The molecule has 0 amide bonds. The minimum absolute atomic E-state index is 0.322. The van der Waals surface area contributed by atoms with Gasteiger partial charge in [-0.15, -0.1) is 0 Å². The molecule has 1 aliphatic rings. The summed E-state index contributed by atoms with van der Waals surface area (Å²) in [5.74, 6) is 0.322. The highest BCUT2D eigenvalue weighted by molar-refractivity contribution is 6.62. The standard InChI is InChI=1S/C23H27BN2O2/c1-15(2)21-20-13-17(10-11-18(20)14-25-26-21)16-8-7-9-19(12-16)24-27-22(3,4)23(5,6)28-24/h7-15H,1-6H3. The lowest BCUT2D eigenvalue weighted by atomic mass is 9.78. The Hall–Kier alpha value is -2.24. The Balaban J connectivity index is 1.73. The monoisotopic (exact) mass is 374 g/mol. The topological polar surface area (TPSA) is 44.2 Å². The van der Waals surface area contributed by atoms with Crippen LogP contribution in [-0.4, -0.2) is 28.5 Å². The quantitative estimate of drug-likeness (QED) is 0.623. The Labute approximate surface area is 167 Å². The summed E-state index contributed by atoms with van der Waals surface area (Å²) in [5.41, 5.74) is 3.67. The molecule has 0 spiro atoms. The summed E-state index contributed by atoms with van der Waals surface area (Å²) in [6.45, 7) is 12.6. The summed E-state index contributed by atoms with van der Waals surface area (Å²) in [5, 5.41) is 10.8. The molecular weight excluding hydrogens is 347 g/mol. The maximum Gasteiger partial charge on any atom is 0.494 e. The predicted molar refractivity (Wildman–Crippen MR) is 115 cm³/mol. The van der Waals surface area contributed by atoms with E-state index in [4.69, 9.17) is 9.31 Å². The molecule has 2 aromatic carbocycles. The lowest BCUT2D eigenvalue weighted by molar-refractivity contribution is 0.00578. The van der Waals surface area contributed by atoms with Crippen LogP contribution in [0.1, 0.15) is 53.2 Å². The van der Waals surface area contributed by atoms with Crippen LogP contribution >= 0.6 is 0 Å². The van der Waals surface area contributed by atoms with Gasteiger partial charge in [-0.3, -0.25) is 0 Å². The van der Waals surface area contributed by atoms with Gasteiger partial charge in [0, 0.05) is 10.8 Å². The van der Waals surface area contributed by atoms with Crippen LogP contribution in [0.4, 0.5) is 0 Å². The van der Waals surface area contributed by atoms with E-state index in [-0.39, 0.29) is 18.3 Å². The zero-order valence-corrected chi connectivity index (χ0v) is 17.5. The van der Waals surface area contributed by atoms with Gasteiger partial charge in [0.15, 0.2) is 0 Å². The zero-order chi connectivity index (χ0) is 20.1. The number of hydrogen-bond donors (Lipinski definition) is 0. The summed E-state index contributed by atoms with van der Waals surface area (Å²) in [4.78, 5) is 0. The summed E-state index contributed by atoms with van der Waals surface area (Å²) in [7, 11) is -0.359. The molecule has 1 aliphatic heterocycles. The number of fused-ring (bicyclic) bond motifs is 1. The van der Waals surface area contributed by atoms with Crippen LogP contribution in [0.15, 0.2) is 48.7 Å². The Bertz CT molecular complexity index is 1010. The molecule has 0 N–H and O–H groups in total. The van der Waals surface area contributed by atoms with Crippen molar-refractivity contribution in [2.75, 3.05) is 0 Å². The van der Waals surface area contributed by atoms with Crippen LogP contribution in [0, 0.1) is 0 Å². The van der Waals surface area contributed by atoms with Crippen molar-refractivity contribution >= 4 is 23.4 Å². The first kappa shape index (κ1) is 19.1. The predicted octanol–water partition coefficient (Wildman–Crippen LogP) is 4.72. The lowest BCUT2D eigenvalue weighted by Crippen LogP contribution is -2.41. The van der Waals surface area contributed by atoms with Gasteiger partial charge >= 0.3 is 7.12 Å². The van der Waals surface area contributed by atoms with Gasteiger partial charge in [0.25, 0.3) is 0 Å². The van der Waals surface area contributed by atoms with E-state index < -0.39 is 0 Å². The molecule has 28 heavy (non-hydrogen) atoms. The van der Waals surface area contributed by atoms with Gasteiger partial charge in [0.1, 0.15) is 0 Å². The summed E-state index contributed by atoms with van der Waals surface area (Å²) in [6.07, 6.45) is 1.83. The third kappa shape index (κ3) is 3.23. The summed E-state index contributed by atoms with van der Waals surface area (Å²) < 4.78 is 12.4. The van der Waals surface area contributed by atoms with Gasteiger partial charge in [-0.1, -0.05) is 50.2 Å². The Morgan fingerprint density at radius 3 is 2.25 bits per heavy atom. The molecule has 4 rings (SSSR count). The number of aromatic nitrogens is 2. The van der Waals surface area contributed by atoms with Crippen molar-refractivity contribution in [3.63, 3.8) is 0 Å². The Morgan fingerprint density at radius 2 is 1.57 bits per heavy atom. The molecule has 0 atom stereocenters. The number of rotatable bonds is 3. The molecule has 0 radical (unpaired) electrons. The fourth-order valence-electron chi connectivity index (χ4n) is 3.55. The number of hydrogen-bond acceptors (Lipinski definition) is 4. The Morgan fingerprint density at radius 1 is 0.893 bits per heavy atom. The highest BCUT2D eigenvalue weighted by Crippen LogP contribution is 2.37. The first-order chi connectivity index (χ1) is 13.2. The van der Waals surface area contributed by atoms with Crippen LogP contribution in [0.3, 0.4) is 0 Å². The first-order valence-electron chi connectivity index (χ1n) is 9.89. The molecular formula is C23H27BN2O2.